The van der Waals surface area contributed by atoms with E-state index in [-0.39, 0.29) is 17.0 Å². The molecule has 1 aromatic heterocycles. The van der Waals surface area contributed by atoms with Crippen LogP contribution in [-0.2, 0) is 10.2 Å². The van der Waals surface area contributed by atoms with E-state index in [0.717, 1.165) is 21.4 Å². The normalized spacial score (nSPS) is 16.3. The number of halogens is 1. The minimum atomic E-state index is -0.219. The van der Waals surface area contributed by atoms with E-state index in [4.69, 9.17) is 4.42 Å². The van der Waals surface area contributed by atoms with Crippen molar-refractivity contribution in [3.05, 3.63) is 70.3 Å². The zero-order valence-electron chi connectivity index (χ0n) is 16.3. The molecule has 0 unspecified atom stereocenters. The fraction of sp³-hybridized carbons (Fsp3) is 0.227. The van der Waals surface area contributed by atoms with Crippen LogP contribution >= 0.6 is 27.7 Å². The zero-order valence-corrected chi connectivity index (χ0v) is 18.8. The van der Waals surface area contributed by atoms with Gasteiger partial charge in [0.25, 0.3) is 5.22 Å². The molecule has 2 heterocycles. The molecule has 0 saturated heterocycles. The smallest absolute Gasteiger partial charge is 0.277 e. The lowest BCUT2D eigenvalue weighted by molar-refractivity contribution is -0.112. The molecule has 7 heteroatoms. The minimum Gasteiger partial charge on any atom is -0.411 e. The summed E-state index contributed by atoms with van der Waals surface area (Å²) in [4.78, 5) is 14.8. The second kappa shape index (κ2) is 7.80. The van der Waals surface area contributed by atoms with Gasteiger partial charge in [0.2, 0.25) is 5.89 Å². The number of carbonyl (C=O) groups is 1. The van der Waals surface area contributed by atoms with Crippen LogP contribution in [0.3, 0.4) is 0 Å². The van der Waals surface area contributed by atoms with E-state index in [1.54, 1.807) is 6.08 Å². The monoisotopic (exact) mass is 469 g/mol. The van der Waals surface area contributed by atoms with Crippen LogP contribution in [-0.4, -0.2) is 28.8 Å². The summed E-state index contributed by atoms with van der Waals surface area (Å²) in [6, 6.07) is 15.9. The van der Waals surface area contributed by atoms with E-state index in [9.17, 15) is 4.79 Å². The molecular weight excluding hydrogens is 450 g/mol. The number of hydrogen-bond donors (Lipinski definition) is 0. The van der Waals surface area contributed by atoms with Crippen LogP contribution in [0.5, 0.6) is 0 Å². The fourth-order valence-electron chi connectivity index (χ4n) is 3.60. The summed E-state index contributed by atoms with van der Waals surface area (Å²) >= 11 is 4.73. The van der Waals surface area contributed by atoms with Gasteiger partial charge in [-0.15, -0.1) is 10.2 Å². The topological polar surface area (TPSA) is 59.2 Å². The lowest BCUT2D eigenvalue weighted by Crippen LogP contribution is -2.24. The highest BCUT2D eigenvalue weighted by atomic mass is 79.9. The van der Waals surface area contributed by atoms with E-state index in [1.165, 1.54) is 17.3 Å². The Kier molecular flexibility index (Phi) is 5.36. The Morgan fingerprint density at radius 2 is 1.90 bits per heavy atom. The first-order valence-electron chi connectivity index (χ1n) is 9.17. The molecule has 0 amide bonds. The number of fused-ring (bicyclic) bond motifs is 1. The minimum absolute atomic E-state index is 0.0124. The van der Waals surface area contributed by atoms with Crippen LogP contribution in [0.1, 0.15) is 19.4 Å². The summed E-state index contributed by atoms with van der Waals surface area (Å²) in [6.07, 6.45) is 1.73. The number of hydrogen-bond acceptors (Lipinski definition) is 6. The van der Waals surface area contributed by atoms with Gasteiger partial charge < -0.3 is 9.32 Å². The van der Waals surface area contributed by atoms with Crippen LogP contribution in [0.25, 0.3) is 11.5 Å². The number of thioether (sulfide) groups is 1. The molecule has 148 valence electrons. The van der Waals surface area contributed by atoms with Crippen molar-refractivity contribution in [1.82, 2.24) is 10.2 Å². The summed E-state index contributed by atoms with van der Waals surface area (Å²) in [5.41, 5.74) is 3.96. The first kappa shape index (κ1) is 19.9. The maximum atomic E-state index is 12.7. The van der Waals surface area contributed by atoms with Crippen LogP contribution in [0, 0.1) is 0 Å². The molecule has 3 aromatic rings. The lowest BCUT2D eigenvalue weighted by atomic mass is 9.83. The van der Waals surface area contributed by atoms with Crippen molar-refractivity contribution < 1.29 is 9.21 Å². The molecule has 1 aliphatic rings. The second-order valence-electron chi connectivity index (χ2n) is 7.34. The number of likely N-dealkylation sites (N-methyl/N-ethyl adjacent to an activating group) is 1. The Morgan fingerprint density at radius 1 is 1.17 bits per heavy atom. The lowest BCUT2D eigenvalue weighted by Gasteiger charge is -2.23. The molecule has 0 saturated carbocycles. The Bertz CT molecular complexity index is 1110. The Hall–Kier alpha value is -2.38. The highest BCUT2D eigenvalue weighted by molar-refractivity contribution is 9.10. The number of benzene rings is 2. The molecule has 0 fully saturated rings. The Labute approximate surface area is 182 Å². The first-order valence-corrected chi connectivity index (χ1v) is 10.9. The van der Waals surface area contributed by atoms with Crippen LogP contribution in [0.2, 0.25) is 0 Å². The van der Waals surface area contributed by atoms with Gasteiger partial charge in [0, 0.05) is 34.4 Å². The van der Waals surface area contributed by atoms with E-state index in [1.807, 2.05) is 43.4 Å². The molecule has 29 heavy (non-hydrogen) atoms. The van der Waals surface area contributed by atoms with Gasteiger partial charge in [-0.25, -0.2) is 0 Å². The van der Waals surface area contributed by atoms with Crippen LogP contribution in [0.15, 0.2) is 74.4 Å². The maximum absolute atomic E-state index is 12.7. The molecule has 0 radical (unpaired) electrons. The third kappa shape index (κ3) is 3.76. The van der Waals surface area contributed by atoms with Gasteiger partial charge >= 0.3 is 0 Å². The van der Waals surface area contributed by atoms with Gasteiger partial charge in [-0.2, -0.15) is 0 Å². The van der Waals surface area contributed by atoms with Crippen molar-refractivity contribution in [2.45, 2.75) is 24.5 Å². The van der Waals surface area contributed by atoms with Crippen molar-refractivity contribution in [2.75, 3.05) is 17.7 Å². The zero-order chi connectivity index (χ0) is 20.6. The number of anilines is 1. The number of aromatic nitrogens is 2. The molecule has 2 aromatic carbocycles. The summed E-state index contributed by atoms with van der Waals surface area (Å²) < 4.78 is 6.59. The van der Waals surface area contributed by atoms with Crippen molar-refractivity contribution >= 4 is 39.2 Å². The number of ketones is 1. The second-order valence-corrected chi connectivity index (χ2v) is 9.12. The van der Waals surface area contributed by atoms with Gasteiger partial charge in [0.15, 0.2) is 5.78 Å². The summed E-state index contributed by atoms with van der Waals surface area (Å²) in [5, 5.41) is 8.52. The predicted molar refractivity (Wildman–Crippen MR) is 119 cm³/mol. The summed E-state index contributed by atoms with van der Waals surface area (Å²) in [6.45, 7) is 4.28. The Balaban J connectivity index is 1.47. The molecule has 0 spiro atoms. The number of nitrogens with zero attached hydrogens (tertiary/aromatic N) is 3. The largest absolute Gasteiger partial charge is 0.411 e. The summed E-state index contributed by atoms with van der Waals surface area (Å²) in [7, 11) is 2.00. The predicted octanol–water partition coefficient (Wildman–Crippen LogP) is 5.47. The summed E-state index contributed by atoms with van der Waals surface area (Å²) in [5.74, 6) is 0.678. The van der Waals surface area contributed by atoms with Gasteiger partial charge in [0.05, 0.1) is 11.3 Å². The SMILES string of the molecule is CN1/C(=C\C(=O)CSc2nnc(-c3ccccc3Br)o2)C(C)(C)c2ccccc21. The van der Waals surface area contributed by atoms with E-state index >= 15 is 0 Å². The van der Waals surface area contributed by atoms with Crippen molar-refractivity contribution in [3.8, 4) is 11.5 Å². The standard InChI is InChI=1S/C22H20BrN3O2S/c1-22(2)16-9-5-7-11-18(16)26(3)19(22)12-14(27)13-29-21-25-24-20(28-21)15-8-4-6-10-17(15)23/h4-12H,13H2,1-3H3/b19-12-. The molecular formula is C22H20BrN3O2S. The number of carbonyl (C=O) groups excluding carboxylic acids is 1. The maximum Gasteiger partial charge on any atom is 0.277 e. The van der Waals surface area contributed by atoms with Gasteiger partial charge in [-0.3, -0.25) is 4.79 Å². The van der Waals surface area contributed by atoms with Crippen LogP contribution in [0.4, 0.5) is 5.69 Å². The third-order valence-electron chi connectivity index (χ3n) is 5.09. The quantitative estimate of drug-likeness (QED) is 0.364. The van der Waals surface area contributed by atoms with Gasteiger partial charge in [-0.1, -0.05) is 55.9 Å². The fourth-order valence-corrected chi connectivity index (χ4v) is 4.64. The number of para-hydroxylation sites is 1. The molecule has 0 aliphatic carbocycles. The molecule has 0 atom stereocenters. The van der Waals surface area contributed by atoms with E-state index < -0.39 is 0 Å². The molecule has 1 aliphatic heterocycles. The van der Waals surface area contributed by atoms with E-state index in [2.05, 4.69) is 57.0 Å². The van der Waals surface area contributed by atoms with Gasteiger partial charge in [0.1, 0.15) is 0 Å². The number of rotatable bonds is 5. The highest BCUT2D eigenvalue weighted by Gasteiger charge is 2.38. The Morgan fingerprint density at radius 3 is 2.66 bits per heavy atom. The number of allylic oxidation sites excluding steroid dienone is 2. The van der Waals surface area contributed by atoms with Crippen molar-refractivity contribution in [3.63, 3.8) is 0 Å². The highest BCUT2D eigenvalue weighted by Crippen LogP contribution is 2.46. The van der Waals surface area contributed by atoms with Crippen LogP contribution < -0.4 is 4.90 Å². The average molecular weight is 470 g/mol. The average Bonchev–Trinajstić information content (AvgIpc) is 3.25. The van der Waals surface area contributed by atoms with Crippen molar-refractivity contribution in [1.29, 1.82) is 0 Å². The van der Waals surface area contributed by atoms with Crippen molar-refractivity contribution in [2.24, 2.45) is 0 Å². The third-order valence-corrected chi connectivity index (χ3v) is 6.62. The first-order chi connectivity index (χ1) is 13.9. The molecule has 5 nitrogen and oxygen atoms in total. The van der Waals surface area contributed by atoms with E-state index in [0.29, 0.717) is 11.1 Å². The molecule has 4 rings (SSSR count). The molecule has 0 bridgehead atoms. The van der Waals surface area contributed by atoms with Gasteiger partial charge in [-0.05, 0) is 39.7 Å². The molecule has 0 N–H and O–H groups in total.